The first kappa shape index (κ1) is 17.5. The summed E-state index contributed by atoms with van der Waals surface area (Å²) >= 11 is 0. The monoisotopic (exact) mass is 365 g/mol. The fourth-order valence-corrected chi connectivity index (χ4v) is 3.31. The van der Waals surface area contributed by atoms with Crippen molar-refractivity contribution >= 4 is 12.0 Å². The van der Waals surface area contributed by atoms with E-state index in [0.29, 0.717) is 13.2 Å². The van der Waals surface area contributed by atoms with Gasteiger partial charge in [0.1, 0.15) is 13.2 Å². The molecule has 2 aromatic rings. The van der Waals surface area contributed by atoms with Gasteiger partial charge in [0.2, 0.25) is 5.91 Å². The minimum atomic E-state index is 0.0413. The Morgan fingerprint density at radius 2 is 1.85 bits per heavy atom. The highest BCUT2D eigenvalue weighted by molar-refractivity contribution is 5.91. The number of ether oxygens (including phenoxy) is 2. The third-order valence-electron chi connectivity index (χ3n) is 4.78. The van der Waals surface area contributed by atoms with E-state index in [2.05, 4.69) is 22.0 Å². The number of fused-ring (bicyclic) bond motifs is 1. The molecule has 1 saturated heterocycles. The number of hydrogen-bond acceptors (Lipinski definition) is 5. The number of aromatic nitrogens is 1. The average Bonchev–Trinajstić information content (AvgIpc) is 2.73. The smallest absolute Gasteiger partial charge is 0.246 e. The minimum Gasteiger partial charge on any atom is -0.486 e. The number of nitrogens with zero attached hydrogens (tertiary/aromatic N) is 3. The van der Waals surface area contributed by atoms with Crippen LogP contribution in [0.1, 0.15) is 11.3 Å². The van der Waals surface area contributed by atoms with Gasteiger partial charge in [0.15, 0.2) is 11.5 Å². The van der Waals surface area contributed by atoms with E-state index >= 15 is 0 Å². The standard InChI is InChI=1S/C21H23N3O3/c25-21(7-5-18-3-1-2-8-22-18)24-11-9-23(10-12-24)16-17-4-6-19-20(15-17)27-14-13-26-19/h1-8,15H,9-14,16H2. The lowest BCUT2D eigenvalue weighted by Gasteiger charge is -2.34. The Morgan fingerprint density at radius 1 is 1.04 bits per heavy atom. The lowest BCUT2D eigenvalue weighted by Crippen LogP contribution is -2.47. The number of benzene rings is 1. The van der Waals surface area contributed by atoms with Gasteiger partial charge in [0, 0.05) is 45.0 Å². The lowest BCUT2D eigenvalue weighted by atomic mass is 10.1. The largest absolute Gasteiger partial charge is 0.486 e. The van der Waals surface area contributed by atoms with Crippen molar-refractivity contribution in [1.29, 1.82) is 0 Å². The van der Waals surface area contributed by atoms with Crippen LogP contribution in [0.25, 0.3) is 6.08 Å². The molecule has 1 aromatic carbocycles. The van der Waals surface area contributed by atoms with Gasteiger partial charge in [-0.05, 0) is 35.9 Å². The van der Waals surface area contributed by atoms with E-state index in [1.807, 2.05) is 29.2 Å². The summed E-state index contributed by atoms with van der Waals surface area (Å²) in [5.74, 6) is 1.69. The van der Waals surface area contributed by atoms with Gasteiger partial charge in [-0.1, -0.05) is 12.1 Å². The molecule has 0 radical (unpaired) electrons. The first-order valence-electron chi connectivity index (χ1n) is 9.27. The zero-order valence-electron chi connectivity index (χ0n) is 15.2. The number of piperazine rings is 1. The van der Waals surface area contributed by atoms with Crippen molar-refractivity contribution in [1.82, 2.24) is 14.8 Å². The fraction of sp³-hybridized carbons (Fsp3) is 0.333. The van der Waals surface area contributed by atoms with Gasteiger partial charge in [-0.2, -0.15) is 0 Å². The van der Waals surface area contributed by atoms with Crippen molar-refractivity contribution in [2.24, 2.45) is 0 Å². The summed E-state index contributed by atoms with van der Waals surface area (Å²) in [4.78, 5) is 20.8. The van der Waals surface area contributed by atoms with Crippen molar-refractivity contribution in [2.45, 2.75) is 6.54 Å². The molecule has 1 aromatic heterocycles. The topological polar surface area (TPSA) is 54.9 Å². The molecule has 0 N–H and O–H groups in total. The normalized spacial score (nSPS) is 17.3. The Bertz CT molecular complexity index is 815. The van der Waals surface area contributed by atoms with Crippen LogP contribution in [0.3, 0.4) is 0 Å². The van der Waals surface area contributed by atoms with Gasteiger partial charge in [-0.3, -0.25) is 14.7 Å². The summed E-state index contributed by atoms with van der Waals surface area (Å²) in [6.07, 6.45) is 5.10. The Balaban J connectivity index is 1.29. The molecule has 0 spiro atoms. The van der Waals surface area contributed by atoms with Gasteiger partial charge < -0.3 is 14.4 Å². The third kappa shape index (κ3) is 4.46. The number of carbonyl (C=O) groups excluding carboxylic acids is 1. The minimum absolute atomic E-state index is 0.0413. The van der Waals surface area contributed by atoms with E-state index < -0.39 is 0 Å². The van der Waals surface area contributed by atoms with Gasteiger partial charge in [-0.15, -0.1) is 0 Å². The Morgan fingerprint density at radius 3 is 2.63 bits per heavy atom. The number of rotatable bonds is 4. The Hall–Kier alpha value is -2.86. The predicted octanol–water partition coefficient (Wildman–Crippen LogP) is 2.21. The van der Waals surface area contributed by atoms with Gasteiger partial charge >= 0.3 is 0 Å². The van der Waals surface area contributed by atoms with Gasteiger partial charge in [0.05, 0.1) is 5.69 Å². The number of amides is 1. The van der Waals surface area contributed by atoms with Crippen molar-refractivity contribution < 1.29 is 14.3 Å². The molecule has 27 heavy (non-hydrogen) atoms. The summed E-state index contributed by atoms with van der Waals surface area (Å²) in [5.41, 5.74) is 2.00. The first-order valence-corrected chi connectivity index (χ1v) is 9.27. The molecule has 1 fully saturated rings. The third-order valence-corrected chi connectivity index (χ3v) is 4.78. The van der Waals surface area contributed by atoms with Crippen molar-refractivity contribution in [3.05, 3.63) is 59.9 Å². The molecule has 0 atom stereocenters. The molecule has 0 unspecified atom stereocenters. The molecule has 2 aliphatic rings. The van der Waals surface area contributed by atoms with Crippen LogP contribution in [0, 0.1) is 0 Å². The van der Waals surface area contributed by atoms with Crippen LogP contribution in [-0.4, -0.2) is 60.1 Å². The van der Waals surface area contributed by atoms with Crippen LogP contribution in [0.15, 0.2) is 48.7 Å². The van der Waals surface area contributed by atoms with Gasteiger partial charge in [-0.25, -0.2) is 0 Å². The van der Waals surface area contributed by atoms with E-state index in [1.54, 1.807) is 18.3 Å². The molecule has 140 valence electrons. The van der Waals surface area contributed by atoms with E-state index in [9.17, 15) is 4.79 Å². The maximum absolute atomic E-state index is 12.4. The molecule has 4 rings (SSSR count). The second-order valence-corrected chi connectivity index (χ2v) is 6.67. The highest BCUT2D eigenvalue weighted by Gasteiger charge is 2.20. The second-order valence-electron chi connectivity index (χ2n) is 6.67. The van der Waals surface area contributed by atoms with Crippen LogP contribution >= 0.6 is 0 Å². The number of pyridine rings is 1. The summed E-state index contributed by atoms with van der Waals surface area (Å²) in [5, 5.41) is 0. The number of carbonyl (C=O) groups is 1. The molecular weight excluding hydrogens is 342 g/mol. The highest BCUT2D eigenvalue weighted by atomic mass is 16.6. The second kappa shape index (κ2) is 8.22. The summed E-state index contributed by atoms with van der Waals surface area (Å²) < 4.78 is 11.2. The lowest BCUT2D eigenvalue weighted by molar-refractivity contribution is -0.127. The van der Waals surface area contributed by atoms with E-state index in [0.717, 1.165) is 49.9 Å². The fourth-order valence-electron chi connectivity index (χ4n) is 3.31. The van der Waals surface area contributed by atoms with E-state index in [4.69, 9.17) is 9.47 Å². The molecule has 1 amide bonds. The van der Waals surface area contributed by atoms with Crippen LogP contribution < -0.4 is 9.47 Å². The zero-order valence-corrected chi connectivity index (χ0v) is 15.2. The molecule has 6 heteroatoms. The van der Waals surface area contributed by atoms with Crippen LogP contribution in [0.2, 0.25) is 0 Å². The maximum Gasteiger partial charge on any atom is 0.246 e. The molecule has 0 bridgehead atoms. The number of hydrogen-bond donors (Lipinski definition) is 0. The molecule has 3 heterocycles. The van der Waals surface area contributed by atoms with E-state index in [1.165, 1.54) is 5.56 Å². The Kier molecular flexibility index (Phi) is 5.34. The predicted molar refractivity (Wildman–Crippen MR) is 103 cm³/mol. The maximum atomic E-state index is 12.4. The van der Waals surface area contributed by atoms with Crippen molar-refractivity contribution in [2.75, 3.05) is 39.4 Å². The first-order chi connectivity index (χ1) is 13.3. The molecule has 0 aliphatic carbocycles. The summed E-state index contributed by atoms with van der Waals surface area (Å²) in [7, 11) is 0. The molecule has 2 aliphatic heterocycles. The molecule has 0 saturated carbocycles. The Labute approximate surface area is 159 Å². The summed E-state index contributed by atoms with van der Waals surface area (Å²) in [6.45, 7) is 5.24. The quantitative estimate of drug-likeness (QED) is 0.778. The van der Waals surface area contributed by atoms with Gasteiger partial charge in [0.25, 0.3) is 0 Å². The average molecular weight is 365 g/mol. The van der Waals surface area contributed by atoms with Crippen molar-refractivity contribution in [3.63, 3.8) is 0 Å². The zero-order chi connectivity index (χ0) is 18.5. The molecule has 6 nitrogen and oxygen atoms in total. The van der Waals surface area contributed by atoms with Crippen LogP contribution in [-0.2, 0) is 11.3 Å². The van der Waals surface area contributed by atoms with Crippen LogP contribution in [0.5, 0.6) is 11.5 Å². The van der Waals surface area contributed by atoms with Crippen LogP contribution in [0.4, 0.5) is 0 Å². The van der Waals surface area contributed by atoms with E-state index in [-0.39, 0.29) is 5.91 Å². The summed E-state index contributed by atoms with van der Waals surface area (Å²) in [6, 6.07) is 11.8. The van der Waals surface area contributed by atoms with Crippen molar-refractivity contribution in [3.8, 4) is 11.5 Å². The molecular formula is C21H23N3O3. The SMILES string of the molecule is O=C(C=Cc1ccccn1)N1CCN(Cc2ccc3c(c2)OCCO3)CC1. The highest BCUT2D eigenvalue weighted by Crippen LogP contribution is 2.31.